The van der Waals surface area contributed by atoms with Gasteiger partial charge in [-0.3, -0.25) is 14.5 Å². The maximum absolute atomic E-state index is 12.7. The number of hydrogen-bond donors (Lipinski definition) is 2. The Morgan fingerprint density at radius 3 is 2.71 bits per heavy atom. The number of pyridine rings is 1. The van der Waals surface area contributed by atoms with Gasteiger partial charge in [0.05, 0.1) is 24.1 Å². The molecule has 1 aromatic carbocycles. The highest BCUT2D eigenvalue weighted by Gasteiger charge is 2.22. The zero-order chi connectivity index (χ0) is 17.6. The Morgan fingerprint density at radius 2 is 2.00 bits per heavy atom. The number of carbonyl (C=O) groups excluding carboxylic acids is 1. The van der Waals surface area contributed by atoms with Gasteiger partial charge < -0.3 is 10.1 Å². The first kappa shape index (κ1) is 17.9. The van der Waals surface area contributed by atoms with Crippen molar-refractivity contribution in [1.82, 2.24) is 10.3 Å². The van der Waals surface area contributed by atoms with E-state index < -0.39 is 15.9 Å². The van der Waals surface area contributed by atoms with Gasteiger partial charge in [-0.25, -0.2) is 8.42 Å². The number of aromatic nitrogens is 1. The zero-order valence-electron chi connectivity index (χ0n) is 13.4. The number of ether oxygens (including phenoxy) is 1. The number of nitrogens with zero attached hydrogens (tertiary/aromatic N) is 1. The molecular weight excluding hydrogens is 330 g/mol. The van der Waals surface area contributed by atoms with Crippen LogP contribution in [0.5, 0.6) is 0 Å². The highest BCUT2D eigenvalue weighted by Crippen LogP contribution is 2.21. The summed E-state index contributed by atoms with van der Waals surface area (Å²) in [5, 5.41) is 2.62. The molecule has 2 aromatic rings. The van der Waals surface area contributed by atoms with Gasteiger partial charge in [0.2, 0.25) is 0 Å². The minimum Gasteiger partial charge on any atom is -0.383 e. The maximum Gasteiger partial charge on any atom is 0.262 e. The van der Waals surface area contributed by atoms with Crippen molar-refractivity contribution in [2.24, 2.45) is 0 Å². The van der Waals surface area contributed by atoms with E-state index in [1.54, 1.807) is 31.3 Å². The van der Waals surface area contributed by atoms with Crippen molar-refractivity contribution in [2.45, 2.75) is 11.8 Å². The molecule has 8 heteroatoms. The van der Waals surface area contributed by atoms with Crippen molar-refractivity contribution in [1.29, 1.82) is 0 Å². The van der Waals surface area contributed by atoms with Crippen molar-refractivity contribution in [3.63, 3.8) is 0 Å². The van der Waals surface area contributed by atoms with E-state index in [1.807, 2.05) is 0 Å². The third kappa shape index (κ3) is 4.30. The average Bonchev–Trinajstić information content (AvgIpc) is 2.57. The monoisotopic (exact) mass is 349 g/mol. The summed E-state index contributed by atoms with van der Waals surface area (Å²) < 4.78 is 32.7. The van der Waals surface area contributed by atoms with Gasteiger partial charge in [-0.05, 0) is 30.7 Å². The molecule has 1 heterocycles. The molecule has 24 heavy (non-hydrogen) atoms. The molecule has 0 unspecified atom stereocenters. The van der Waals surface area contributed by atoms with Crippen LogP contribution in [0.2, 0.25) is 0 Å². The van der Waals surface area contributed by atoms with Crippen molar-refractivity contribution in [2.75, 3.05) is 25.0 Å². The van der Waals surface area contributed by atoms with E-state index in [0.29, 0.717) is 18.8 Å². The Bertz CT molecular complexity index is 822. The second-order valence-corrected chi connectivity index (χ2v) is 6.69. The van der Waals surface area contributed by atoms with Gasteiger partial charge in [0.15, 0.2) is 0 Å². The Balaban J connectivity index is 2.30. The van der Waals surface area contributed by atoms with Crippen molar-refractivity contribution < 1.29 is 17.9 Å². The number of benzene rings is 1. The predicted octanol–water partition coefficient (Wildman–Crippen LogP) is 1.57. The van der Waals surface area contributed by atoms with Crippen molar-refractivity contribution >= 4 is 21.6 Å². The molecule has 0 saturated carbocycles. The van der Waals surface area contributed by atoms with Crippen molar-refractivity contribution in [3.8, 4) is 0 Å². The molecule has 0 spiro atoms. The van der Waals surface area contributed by atoms with Crippen LogP contribution in [-0.4, -0.2) is 39.6 Å². The van der Waals surface area contributed by atoms with Gasteiger partial charge in [-0.1, -0.05) is 12.1 Å². The second-order valence-electron chi connectivity index (χ2n) is 5.04. The highest BCUT2D eigenvalue weighted by atomic mass is 32.2. The number of nitrogens with one attached hydrogen (secondary N) is 2. The topological polar surface area (TPSA) is 97.4 Å². The molecule has 2 N–H and O–H groups in total. The van der Waals surface area contributed by atoms with Crippen LogP contribution in [0.4, 0.5) is 5.69 Å². The summed E-state index contributed by atoms with van der Waals surface area (Å²) >= 11 is 0. The molecule has 1 amide bonds. The van der Waals surface area contributed by atoms with Crippen LogP contribution in [0.1, 0.15) is 15.9 Å². The molecule has 1 aromatic heterocycles. The van der Waals surface area contributed by atoms with Gasteiger partial charge in [0, 0.05) is 19.9 Å². The van der Waals surface area contributed by atoms with Gasteiger partial charge in [-0.2, -0.15) is 0 Å². The van der Waals surface area contributed by atoms with Crippen LogP contribution in [0.25, 0.3) is 0 Å². The largest absolute Gasteiger partial charge is 0.383 e. The molecule has 0 atom stereocenters. The SMILES string of the molecule is COCCNC(=O)c1ccccc1S(=O)(=O)Nc1cnccc1C. The van der Waals surface area contributed by atoms with E-state index in [4.69, 9.17) is 4.74 Å². The number of carbonyl (C=O) groups is 1. The summed E-state index contributed by atoms with van der Waals surface area (Å²) in [5.74, 6) is -0.476. The second kappa shape index (κ2) is 7.89. The number of amides is 1. The molecule has 0 bridgehead atoms. The standard InChI is InChI=1S/C16H19N3O4S/c1-12-7-8-17-11-14(12)19-24(21,22)15-6-4-3-5-13(15)16(20)18-9-10-23-2/h3-8,11,19H,9-10H2,1-2H3,(H,18,20). The lowest BCUT2D eigenvalue weighted by Gasteiger charge is -2.13. The van der Waals surface area contributed by atoms with Crippen LogP contribution in [0.3, 0.4) is 0 Å². The molecule has 7 nitrogen and oxygen atoms in total. The van der Waals surface area contributed by atoms with E-state index >= 15 is 0 Å². The number of hydrogen-bond acceptors (Lipinski definition) is 5. The highest BCUT2D eigenvalue weighted by molar-refractivity contribution is 7.92. The Hall–Kier alpha value is -2.45. The number of sulfonamides is 1. The first-order valence-corrected chi connectivity index (χ1v) is 8.73. The molecule has 0 aliphatic heterocycles. The first-order chi connectivity index (χ1) is 11.5. The Kier molecular flexibility index (Phi) is 5.88. The number of anilines is 1. The third-order valence-electron chi connectivity index (χ3n) is 3.30. The predicted molar refractivity (Wildman–Crippen MR) is 90.4 cm³/mol. The smallest absolute Gasteiger partial charge is 0.262 e. The summed E-state index contributed by atoms with van der Waals surface area (Å²) in [6, 6.07) is 7.73. The number of aryl methyl sites for hydroxylation is 1. The number of methoxy groups -OCH3 is 1. The summed E-state index contributed by atoms with van der Waals surface area (Å²) in [6.07, 6.45) is 3.00. The van der Waals surface area contributed by atoms with Gasteiger partial charge in [0.25, 0.3) is 15.9 Å². The third-order valence-corrected chi connectivity index (χ3v) is 4.72. The molecule has 0 saturated heterocycles. The number of rotatable bonds is 7. The minimum absolute atomic E-state index is 0.0719. The van der Waals surface area contributed by atoms with Crippen LogP contribution in [0, 0.1) is 6.92 Å². The lowest BCUT2D eigenvalue weighted by molar-refractivity contribution is 0.0934. The fourth-order valence-corrected chi connectivity index (χ4v) is 3.34. The molecule has 0 fully saturated rings. The maximum atomic E-state index is 12.7. The fraction of sp³-hybridized carbons (Fsp3) is 0.250. The van der Waals surface area contributed by atoms with E-state index in [1.165, 1.54) is 25.4 Å². The minimum atomic E-state index is -3.92. The summed E-state index contributed by atoms with van der Waals surface area (Å²) in [6.45, 7) is 2.40. The van der Waals surface area contributed by atoms with E-state index in [-0.39, 0.29) is 10.5 Å². The molecule has 2 rings (SSSR count). The van der Waals surface area contributed by atoms with Crippen molar-refractivity contribution in [3.05, 3.63) is 53.9 Å². The average molecular weight is 349 g/mol. The van der Waals surface area contributed by atoms with E-state index in [2.05, 4.69) is 15.0 Å². The zero-order valence-corrected chi connectivity index (χ0v) is 14.3. The van der Waals surface area contributed by atoms with Crippen LogP contribution in [-0.2, 0) is 14.8 Å². The normalized spacial score (nSPS) is 11.1. The summed E-state index contributed by atoms with van der Waals surface area (Å²) in [7, 11) is -2.41. The van der Waals surface area contributed by atoms with Crippen LogP contribution in [0.15, 0.2) is 47.6 Å². The van der Waals surface area contributed by atoms with Gasteiger partial charge >= 0.3 is 0 Å². The van der Waals surface area contributed by atoms with E-state index in [9.17, 15) is 13.2 Å². The lowest BCUT2D eigenvalue weighted by atomic mass is 10.2. The lowest BCUT2D eigenvalue weighted by Crippen LogP contribution is -2.29. The molecule has 128 valence electrons. The summed E-state index contributed by atoms with van der Waals surface area (Å²) in [4.78, 5) is 16.1. The molecule has 0 radical (unpaired) electrons. The van der Waals surface area contributed by atoms with Gasteiger partial charge in [-0.15, -0.1) is 0 Å². The van der Waals surface area contributed by atoms with Crippen LogP contribution >= 0.6 is 0 Å². The Labute approximate surface area is 141 Å². The Morgan fingerprint density at radius 1 is 1.25 bits per heavy atom. The summed E-state index contributed by atoms with van der Waals surface area (Å²) in [5.41, 5.74) is 1.17. The quantitative estimate of drug-likeness (QED) is 0.740. The fourth-order valence-electron chi connectivity index (χ4n) is 2.02. The van der Waals surface area contributed by atoms with Gasteiger partial charge in [0.1, 0.15) is 4.90 Å². The van der Waals surface area contributed by atoms with E-state index in [0.717, 1.165) is 5.56 Å². The van der Waals surface area contributed by atoms with Crippen LogP contribution < -0.4 is 10.0 Å². The first-order valence-electron chi connectivity index (χ1n) is 7.25. The molecule has 0 aliphatic rings. The molecular formula is C16H19N3O4S. The molecule has 0 aliphatic carbocycles.